The van der Waals surface area contributed by atoms with Gasteiger partial charge in [0.1, 0.15) is 12.4 Å². The number of unbranched alkanes of at least 4 members (excludes halogenated alkanes) is 21. The molecular formula is C49H92O9. The van der Waals surface area contributed by atoms with E-state index in [2.05, 4.69) is 38.1 Å². The highest BCUT2D eigenvalue weighted by molar-refractivity contribution is 5.27. The third-order valence-electron chi connectivity index (χ3n) is 10.2. The van der Waals surface area contributed by atoms with Crippen molar-refractivity contribution >= 4 is 0 Å². The van der Waals surface area contributed by atoms with Crippen LogP contribution in [-0.4, -0.2) is 112 Å². The lowest BCUT2D eigenvalue weighted by atomic mass is 10.0. The van der Waals surface area contributed by atoms with E-state index in [1.165, 1.54) is 147 Å². The van der Waals surface area contributed by atoms with E-state index in [9.17, 15) is 0 Å². The van der Waals surface area contributed by atoms with E-state index in [4.69, 9.17) is 42.6 Å². The molecule has 9 nitrogen and oxygen atoms in total. The summed E-state index contributed by atoms with van der Waals surface area (Å²) in [5, 5.41) is 0. The topological polar surface area (TPSA) is 83.1 Å². The Morgan fingerprint density at radius 3 is 0.845 bits per heavy atom. The highest BCUT2D eigenvalue weighted by Gasteiger charge is 2.00. The standard InChI is InChI=1S/C49H92O9/c1-3-5-7-9-11-12-13-14-15-16-17-18-19-21-23-25-31-50-32-33-51-34-35-52-36-37-53-38-39-54-40-41-55-42-43-56-44-45-57-46-47-58-49-29-27-48(28-30-49)26-24-22-20-10-8-6-4-2/h27-30H,3-26,31-47H2,1-2H3. The van der Waals surface area contributed by atoms with E-state index in [1.807, 2.05) is 0 Å². The van der Waals surface area contributed by atoms with Crippen LogP contribution in [0.2, 0.25) is 0 Å². The molecule has 0 amide bonds. The smallest absolute Gasteiger partial charge is 0.119 e. The lowest BCUT2D eigenvalue weighted by Crippen LogP contribution is -2.15. The van der Waals surface area contributed by atoms with Crippen molar-refractivity contribution in [2.24, 2.45) is 0 Å². The second-order valence-electron chi connectivity index (χ2n) is 15.6. The summed E-state index contributed by atoms with van der Waals surface area (Å²) < 4.78 is 50.5. The summed E-state index contributed by atoms with van der Waals surface area (Å²) in [7, 11) is 0. The predicted octanol–water partition coefficient (Wildman–Crippen LogP) is 11.8. The second-order valence-corrected chi connectivity index (χ2v) is 15.6. The van der Waals surface area contributed by atoms with Gasteiger partial charge in [-0.3, -0.25) is 0 Å². The van der Waals surface area contributed by atoms with Crippen molar-refractivity contribution in [3.63, 3.8) is 0 Å². The van der Waals surface area contributed by atoms with Crippen LogP contribution in [0.3, 0.4) is 0 Å². The molecule has 342 valence electrons. The molecule has 1 aromatic carbocycles. The highest BCUT2D eigenvalue weighted by Crippen LogP contribution is 2.16. The van der Waals surface area contributed by atoms with Crippen molar-refractivity contribution in [2.75, 3.05) is 112 Å². The van der Waals surface area contributed by atoms with Gasteiger partial charge < -0.3 is 42.6 Å². The van der Waals surface area contributed by atoms with Gasteiger partial charge in [0.05, 0.1) is 99.1 Å². The van der Waals surface area contributed by atoms with Crippen molar-refractivity contribution in [3.05, 3.63) is 29.8 Å². The predicted molar refractivity (Wildman–Crippen MR) is 240 cm³/mol. The van der Waals surface area contributed by atoms with E-state index >= 15 is 0 Å². The zero-order valence-corrected chi connectivity index (χ0v) is 38.0. The Kier molecular flexibility index (Phi) is 45.6. The summed E-state index contributed by atoms with van der Waals surface area (Å²) in [6.07, 6.45) is 32.8. The molecule has 0 aromatic heterocycles. The minimum Gasteiger partial charge on any atom is -0.491 e. The van der Waals surface area contributed by atoms with Gasteiger partial charge in [-0.25, -0.2) is 0 Å². The fraction of sp³-hybridized carbons (Fsp3) is 0.878. The first-order valence-electron chi connectivity index (χ1n) is 24.2. The molecule has 0 fully saturated rings. The van der Waals surface area contributed by atoms with Crippen LogP contribution in [-0.2, 0) is 44.3 Å². The van der Waals surface area contributed by atoms with Gasteiger partial charge in [-0.2, -0.15) is 0 Å². The SMILES string of the molecule is CCCCCCCCCCCCCCCCCCOCCOCCOCCOCCOCCOCCOCCOCCOc1ccc(CCCCCCCCC)cc1. The quantitative estimate of drug-likeness (QED) is 0.0596. The first-order chi connectivity index (χ1) is 28.9. The number of rotatable bonds is 50. The molecule has 1 rings (SSSR count). The number of ether oxygens (including phenoxy) is 9. The molecule has 0 radical (unpaired) electrons. The normalized spacial score (nSPS) is 11.6. The van der Waals surface area contributed by atoms with Crippen LogP contribution in [0, 0.1) is 0 Å². The number of aryl methyl sites for hydroxylation is 1. The molecular weight excluding hydrogens is 733 g/mol. The summed E-state index contributed by atoms with van der Waals surface area (Å²) in [4.78, 5) is 0. The van der Waals surface area contributed by atoms with Gasteiger partial charge >= 0.3 is 0 Å². The van der Waals surface area contributed by atoms with Crippen LogP contribution in [0.25, 0.3) is 0 Å². The Hall–Kier alpha value is -1.30. The van der Waals surface area contributed by atoms with Crippen molar-refractivity contribution in [1.29, 1.82) is 0 Å². The summed E-state index contributed by atoms with van der Waals surface area (Å²) >= 11 is 0. The molecule has 0 N–H and O–H groups in total. The summed E-state index contributed by atoms with van der Waals surface area (Å²) in [5.41, 5.74) is 1.39. The molecule has 58 heavy (non-hydrogen) atoms. The van der Waals surface area contributed by atoms with Crippen LogP contribution in [0.15, 0.2) is 24.3 Å². The van der Waals surface area contributed by atoms with Crippen molar-refractivity contribution in [3.8, 4) is 5.75 Å². The molecule has 0 aliphatic heterocycles. The molecule has 0 saturated carbocycles. The maximum atomic E-state index is 5.80. The van der Waals surface area contributed by atoms with Crippen molar-refractivity contribution in [2.45, 2.75) is 168 Å². The van der Waals surface area contributed by atoms with Gasteiger partial charge in [0.25, 0.3) is 0 Å². The first-order valence-corrected chi connectivity index (χ1v) is 24.2. The molecule has 0 heterocycles. The number of benzene rings is 1. The molecule has 0 saturated heterocycles. The van der Waals surface area contributed by atoms with Crippen LogP contribution >= 0.6 is 0 Å². The van der Waals surface area contributed by atoms with Gasteiger partial charge in [0.15, 0.2) is 0 Å². The van der Waals surface area contributed by atoms with Gasteiger partial charge in [-0.15, -0.1) is 0 Å². The fourth-order valence-corrected chi connectivity index (χ4v) is 6.65. The molecule has 0 aliphatic carbocycles. The summed E-state index contributed by atoms with van der Waals surface area (Å²) in [6, 6.07) is 8.49. The monoisotopic (exact) mass is 825 g/mol. The minimum absolute atomic E-state index is 0.532. The molecule has 9 heteroatoms. The lowest BCUT2D eigenvalue weighted by molar-refractivity contribution is -0.0236. The maximum absolute atomic E-state index is 5.80. The average Bonchev–Trinajstić information content (AvgIpc) is 3.24. The van der Waals surface area contributed by atoms with Crippen LogP contribution in [0.5, 0.6) is 5.75 Å². The van der Waals surface area contributed by atoms with Crippen molar-refractivity contribution in [1.82, 2.24) is 0 Å². The molecule has 1 aromatic rings. The Morgan fingerprint density at radius 2 is 0.517 bits per heavy atom. The van der Waals surface area contributed by atoms with Gasteiger partial charge in [-0.1, -0.05) is 161 Å². The first kappa shape index (κ1) is 54.7. The zero-order valence-electron chi connectivity index (χ0n) is 38.0. The van der Waals surface area contributed by atoms with Crippen molar-refractivity contribution < 1.29 is 42.6 Å². The molecule has 0 bridgehead atoms. The van der Waals surface area contributed by atoms with Crippen LogP contribution < -0.4 is 4.74 Å². The molecule has 0 atom stereocenters. The second kappa shape index (κ2) is 48.4. The van der Waals surface area contributed by atoms with E-state index in [0.29, 0.717) is 106 Å². The third kappa shape index (κ3) is 42.8. The fourth-order valence-electron chi connectivity index (χ4n) is 6.65. The molecule has 0 unspecified atom stereocenters. The Labute approximate surface area is 357 Å². The van der Waals surface area contributed by atoms with Crippen LogP contribution in [0.4, 0.5) is 0 Å². The zero-order chi connectivity index (χ0) is 41.3. The highest BCUT2D eigenvalue weighted by atomic mass is 16.6. The Balaban J connectivity index is 1.66. The van der Waals surface area contributed by atoms with E-state index in [0.717, 1.165) is 25.2 Å². The number of hydrogen-bond donors (Lipinski definition) is 0. The van der Waals surface area contributed by atoms with Gasteiger partial charge in [0, 0.05) is 6.61 Å². The Bertz CT molecular complexity index is 887. The Morgan fingerprint density at radius 1 is 0.259 bits per heavy atom. The number of hydrogen-bond acceptors (Lipinski definition) is 9. The third-order valence-corrected chi connectivity index (χ3v) is 10.2. The lowest BCUT2D eigenvalue weighted by Gasteiger charge is -2.09. The largest absolute Gasteiger partial charge is 0.491 e. The summed E-state index contributed by atoms with van der Waals surface area (Å²) in [6.45, 7) is 14.3. The molecule has 0 spiro atoms. The summed E-state index contributed by atoms with van der Waals surface area (Å²) in [5.74, 6) is 0.894. The van der Waals surface area contributed by atoms with E-state index in [-0.39, 0.29) is 0 Å². The van der Waals surface area contributed by atoms with E-state index in [1.54, 1.807) is 0 Å². The maximum Gasteiger partial charge on any atom is 0.119 e. The average molecular weight is 825 g/mol. The van der Waals surface area contributed by atoms with Gasteiger partial charge in [0.2, 0.25) is 0 Å². The van der Waals surface area contributed by atoms with E-state index < -0.39 is 0 Å². The minimum atomic E-state index is 0.532. The van der Waals surface area contributed by atoms with Gasteiger partial charge in [-0.05, 0) is 37.0 Å². The van der Waals surface area contributed by atoms with Crippen LogP contribution in [0.1, 0.15) is 167 Å². The molecule has 0 aliphatic rings.